The summed E-state index contributed by atoms with van der Waals surface area (Å²) < 4.78 is 5.92. The van der Waals surface area contributed by atoms with E-state index in [1.165, 1.54) is 0 Å². The number of carboxylic acid groups (broad SMARTS) is 1. The zero-order chi connectivity index (χ0) is 21.6. The van der Waals surface area contributed by atoms with Crippen LogP contribution in [-0.2, 0) is 20.8 Å². The number of carbonyl (C=O) groups is 3. The molecule has 2 amide bonds. The number of anilines is 2. The predicted molar refractivity (Wildman–Crippen MR) is 112 cm³/mol. The zero-order valence-corrected chi connectivity index (χ0v) is 17.8. The summed E-state index contributed by atoms with van der Waals surface area (Å²) in [6, 6.07) is 5.37. The highest BCUT2D eigenvalue weighted by atomic mass is 35.5. The van der Waals surface area contributed by atoms with Crippen LogP contribution in [-0.4, -0.2) is 34.5 Å². The number of aryl methyl sites for hydroxylation is 1. The summed E-state index contributed by atoms with van der Waals surface area (Å²) in [6.45, 7) is 6.45. The van der Waals surface area contributed by atoms with E-state index in [-0.39, 0.29) is 21.6 Å². The average molecular weight is 440 g/mol. The van der Waals surface area contributed by atoms with Gasteiger partial charge in [0.2, 0.25) is 11.8 Å². The first-order chi connectivity index (χ1) is 13.6. The molecule has 0 radical (unpaired) electrons. The molecule has 0 aliphatic carbocycles. The Kier molecular flexibility index (Phi) is 7.98. The molecule has 29 heavy (non-hydrogen) atoms. The fourth-order valence-electron chi connectivity index (χ4n) is 2.25. The maximum atomic E-state index is 12.3. The summed E-state index contributed by atoms with van der Waals surface area (Å²) in [4.78, 5) is 39.1. The van der Waals surface area contributed by atoms with Gasteiger partial charge < -0.3 is 20.5 Å². The van der Waals surface area contributed by atoms with Gasteiger partial charge in [0.05, 0.1) is 24.4 Å². The molecule has 1 heterocycles. The molecule has 0 saturated heterocycles. The lowest BCUT2D eigenvalue weighted by molar-refractivity contribution is -0.136. The van der Waals surface area contributed by atoms with Gasteiger partial charge in [-0.05, 0) is 30.5 Å². The van der Waals surface area contributed by atoms with Crippen molar-refractivity contribution in [3.8, 4) is 5.75 Å². The van der Waals surface area contributed by atoms with Crippen LogP contribution in [0.1, 0.15) is 31.5 Å². The van der Waals surface area contributed by atoms with Crippen molar-refractivity contribution >= 4 is 51.5 Å². The van der Waals surface area contributed by atoms with E-state index in [1.54, 1.807) is 6.07 Å². The Morgan fingerprint density at radius 3 is 2.59 bits per heavy atom. The van der Waals surface area contributed by atoms with Crippen molar-refractivity contribution in [2.24, 2.45) is 5.92 Å². The molecule has 0 saturated carbocycles. The first-order valence-corrected chi connectivity index (χ1v) is 10.0. The normalized spacial score (nSPS) is 10.7. The van der Waals surface area contributed by atoms with Gasteiger partial charge in [0.25, 0.3) is 0 Å². The number of aliphatic carboxylic acids is 1. The number of nitrogens with one attached hydrogen (secondary N) is 2. The summed E-state index contributed by atoms with van der Waals surface area (Å²) in [5.41, 5.74) is 1.63. The van der Waals surface area contributed by atoms with Crippen LogP contribution < -0.4 is 15.4 Å². The quantitative estimate of drug-likeness (QED) is 0.512. The number of thiazole rings is 1. The van der Waals surface area contributed by atoms with Crippen LogP contribution in [0, 0.1) is 12.8 Å². The number of halogens is 1. The monoisotopic (exact) mass is 439 g/mol. The van der Waals surface area contributed by atoms with Crippen LogP contribution in [0.2, 0.25) is 4.34 Å². The molecule has 0 fully saturated rings. The molecule has 0 unspecified atom stereocenters. The number of rotatable bonds is 9. The van der Waals surface area contributed by atoms with E-state index in [0.717, 1.165) is 16.9 Å². The van der Waals surface area contributed by atoms with Gasteiger partial charge in [0, 0.05) is 0 Å². The molecule has 8 nitrogen and oxygen atoms in total. The molecule has 3 N–H and O–H groups in total. The number of carboxylic acids is 1. The molecule has 1 aromatic carbocycles. The van der Waals surface area contributed by atoms with E-state index in [0.29, 0.717) is 24.0 Å². The topological polar surface area (TPSA) is 118 Å². The molecular weight excluding hydrogens is 418 g/mol. The van der Waals surface area contributed by atoms with Crippen LogP contribution in [0.5, 0.6) is 5.75 Å². The van der Waals surface area contributed by atoms with Gasteiger partial charge in [0.1, 0.15) is 16.5 Å². The van der Waals surface area contributed by atoms with Crippen LogP contribution in [0.15, 0.2) is 18.2 Å². The van der Waals surface area contributed by atoms with E-state index in [9.17, 15) is 14.4 Å². The Bertz CT molecular complexity index is 913. The average Bonchev–Trinajstić information content (AvgIpc) is 2.93. The van der Waals surface area contributed by atoms with Gasteiger partial charge in [0.15, 0.2) is 5.13 Å². The van der Waals surface area contributed by atoms with Gasteiger partial charge >= 0.3 is 5.97 Å². The third-order valence-corrected chi connectivity index (χ3v) is 4.77. The van der Waals surface area contributed by atoms with Crippen molar-refractivity contribution in [1.82, 2.24) is 4.98 Å². The molecule has 0 spiro atoms. The van der Waals surface area contributed by atoms with Gasteiger partial charge in [-0.3, -0.25) is 14.4 Å². The Labute approximate surface area is 177 Å². The van der Waals surface area contributed by atoms with Gasteiger partial charge in [-0.2, -0.15) is 0 Å². The summed E-state index contributed by atoms with van der Waals surface area (Å²) in [7, 11) is 0. The smallest absolute Gasteiger partial charge is 0.309 e. The van der Waals surface area contributed by atoms with Crippen molar-refractivity contribution < 1.29 is 24.2 Å². The van der Waals surface area contributed by atoms with Gasteiger partial charge in [-0.1, -0.05) is 42.9 Å². The summed E-state index contributed by atoms with van der Waals surface area (Å²) in [5, 5.41) is 14.1. The standard InChI is InChI=1S/C19H22ClN3O5S/c1-10(2)9-28-14-6-11(3)4-5-12(14)21-15(24)8-16(25)23-19-22-13(7-17(26)27)18(20)29-19/h4-6,10H,7-9H2,1-3H3,(H,21,24)(H,26,27)(H,22,23,25). The number of nitrogens with zero attached hydrogens (tertiary/aromatic N) is 1. The Balaban J connectivity index is 1.97. The van der Waals surface area contributed by atoms with E-state index >= 15 is 0 Å². The highest BCUT2D eigenvalue weighted by Gasteiger charge is 2.17. The minimum absolute atomic E-state index is 0.139. The van der Waals surface area contributed by atoms with E-state index in [2.05, 4.69) is 15.6 Å². The molecular formula is C19H22ClN3O5S. The third-order valence-electron chi connectivity index (χ3n) is 3.52. The molecule has 10 heteroatoms. The van der Waals surface area contributed by atoms with Crippen molar-refractivity contribution in [2.75, 3.05) is 17.2 Å². The third kappa shape index (κ3) is 7.35. The van der Waals surface area contributed by atoms with Crippen molar-refractivity contribution in [3.63, 3.8) is 0 Å². The predicted octanol–water partition coefficient (Wildman–Crippen LogP) is 3.73. The summed E-state index contributed by atoms with van der Waals surface area (Å²) >= 11 is 6.85. The Morgan fingerprint density at radius 2 is 1.93 bits per heavy atom. The minimum Gasteiger partial charge on any atom is -0.491 e. The summed E-state index contributed by atoms with van der Waals surface area (Å²) in [5.74, 6) is -1.33. The van der Waals surface area contributed by atoms with Crippen LogP contribution in [0.3, 0.4) is 0 Å². The van der Waals surface area contributed by atoms with Gasteiger partial charge in [-0.25, -0.2) is 4.98 Å². The number of carbonyl (C=O) groups excluding carboxylic acids is 2. The molecule has 2 rings (SSSR count). The number of hydrogen-bond donors (Lipinski definition) is 3. The lowest BCUT2D eigenvalue weighted by Gasteiger charge is -2.14. The number of amides is 2. The van der Waals surface area contributed by atoms with Crippen LogP contribution >= 0.6 is 22.9 Å². The lowest BCUT2D eigenvalue weighted by atomic mass is 10.2. The number of ether oxygens (including phenoxy) is 1. The summed E-state index contributed by atoms with van der Waals surface area (Å²) in [6.07, 6.45) is -0.790. The number of hydrogen-bond acceptors (Lipinski definition) is 6. The largest absolute Gasteiger partial charge is 0.491 e. The Hall–Kier alpha value is -2.65. The SMILES string of the molecule is Cc1ccc(NC(=O)CC(=O)Nc2nc(CC(=O)O)c(Cl)s2)c(OCC(C)C)c1. The van der Waals surface area contributed by atoms with E-state index in [4.69, 9.17) is 21.4 Å². The fraction of sp³-hybridized carbons (Fsp3) is 0.368. The maximum Gasteiger partial charge on any atom is 0.309 e. The first kappa shape index (κ1) is 22.6. The van der Waals surface area contributed by atoms with Crippen molar-refractivity contribution in [2.45, 2.75) is 33.6 Å². The number of aromatic nitrogens is 1. The molecule has 0 aliphatic heterocycles. The minimum atomic E-state index is -1.08. The van der Waals surface area contributed by atoms with Crippen LogP contribution in [0.25, 0.3) is 0 Å². The second-order valence-corrected chi connectivity index (χ2v) is 8.39. The molecule has 0 bridgehead atoms. The second kappa shape index (κ2) is 10.2. The Morgan fingerprint density at radius 1 is 1.24 bits per heavy atom. The highest BCUT2D eigenvalue weighted by Crippen LogP contribution is 2.29. The van der Waals surface area contributed by atoms with E-state index in [1.807, 2.05) is 32.9 Å². The molecule has 1 aromatic heterocycles. The van der Waals surface area contributed by atoms with Crippen molar-refractivity contribution in [3.05, 3.63) is 33.8 Å². The number of benzene rings is 1. The molecule has 0 atom stereocenters. The fourth-order valence-corrected chi connectivity index (χ4v) is 3.31. The highest BCUT2D eigenvalue weighted by molar-refractivity contribution is 7.19. The molecule has 156 valence electrons. The first-order valence-electron chi connectivity index (χ1n) is 8.84. The molecule has 2 aromatic rings. The molecule has 0 aliphatic rings. The second-order valence-electron chi connectivity index (χ2n) is 6.79. The zero-order valence-electron chi connectivity index (χ0n) is 16.2. The maximum absolute atomic E-state index is 12.3. The van der Waals surface area contributed by atoms with Gasteiger partial charge in [-0.15, -0.1) is 0 Å². The van der Waals surface area contributed by atoms with Crippen LogP contribution in [0.4, 0.5) is 10.8 Å². The lowest BCUT2D eigenvalue weighted by Crippen LogP contribution is -2.22. The van der Waals surface area contributed by atoms with Crippen molar-refractivity contribution in [1.29, 1.82) is 0 Å². The van der Waals surface area contributed by atoms with E-state index < -0.39 is 24.2 Å².